The summed E-state index contributed by atoms with van der Waals surface area (Å²) in [6.45, 7) is 0.840. The summed E-state index contributed by atoms with van der Waals surface area (Å²) in [5, 5.41) is 5.79. The highest BCUT2D eigenvalue weighted by Crippen LogP contribution is 2.13. The number of benzene rings is 3. The van der Waals surface area contributed by atoms with Crippen LogP contribution in [0, 0.1) is 0 Å². The molecule has 0 unspecified atom stereocenters. The van der Waals surface area contributed by atoms with E-state index >= 15 is 0 Å². The van der Waals surface area contributed by atoms with Gasteiger partial charge in [0, 0.05) is 24.2 Å². The maximum Gasteiger partial charge on any atom is 0.251 e. The van der Waals surface area contributed by atoms with E-state index in [1.807, 2.05) is 24.3 Å². The Bertz CT molecular complexity index is 899. The number of carbonyl (C=O) groups excluding carboxylic acids is 2. The molecule has 6 nitrogen and oxygen atoms in total. The lowest BCUT2D eigenvalue weighted by Crippen LogP contribution is -2.23. The first kappa shape index (κ1) is 20.9. The van der Waals surface area contributed by atoms with Gasteiger partial charge >= 0.3 is 0 Å². The summed E-state index contributed by atoms with van der Waals surface area (Å²) in [7, 11) is 3.17. The van der Waals surface area contributed by atoms with Crippen molar-refractivity contribution in [1.82, 2.24) is 10.6 Å². The van der Waals surface area contributed by atoms with Gasteiger partial charge in [0.1, 0.15) is 11.5 Å². The zero-order valence-corrected chi connectivity index (χ0v) is 17.0. The molecule has 0 aliphatic rings. The van der Waals surface area contributed by atoms with Crippen LogP contribution in [0.2, 0.25) is 0 Å². The zero-order valence-electron chi connectivity index (χ0n) is 17.0. The minimum absolute atomic E-state index is 0.145. The van der Waals surface area contributed by atoms with Gasteiger partial charge in [0.05, 0.1) is 14.2 Å². The van der Waals surface area contributed by atoms with Crippen LogP contribution in [0.1, 0.15) is 31.8 Å². The molecule has 0 aromatic heterocycles. The summed E-state index contributed by atoms with van der Waals surface area (Å²) in [5.74, 6) is 1.13. The van der Waals surface area contributed by atoms with Crippen LogP contribution in [-0.2, 0) is 13.1 Å². The van der Waals surface area contributed by atoms with E-state index in [-0.39, 0.29) is 11.8 Å². The molecule has 0 atom stereocenters. The predicted octanol–water partition coefficient (Wildman–Crippen LogP) is 3.56. The summed E-state index contributed by atoms with van der Waals surface area (Å²) in [4.78, 5) is 24.5. The Morgan fingerprint density at radius 3 is 1.23 bits per heavy atom. The monoisotopic (exact) mass is 404 g/mol. The summed E-state index contributed by atoms with van der Waals surface area (Å²) >= 11 is 0. The Labute approximate surface area is 175 Å². The lowest BCUT2D eigenvalue weighted by Gasteiger charge is -2.09. The number of hydrogen-bond acceptors (Lipinski definition) is 4. The summed E-state index contributed by atoms with van der Waals surface area (Å²) in [6.07, 6.45) is 0. The molecule has 30 heavy (non-hydrogen) atoms. The first-order valence-corrected chi connectivity index (χ1v) is 9.51. The van der Waals surface area contributed by atoms with E-state index in [4.69, 9.17) is 9.47 Å². The smallest absolute Gasteiger partial charge is 0.251 e. The fourth-order valence-corrected chi connectivity index (χ4v) is 2.83. The quantitative estimate of drug-likeness (QED) is 0.602. The van der Waals surface area contributed by atoms with E-state index in [1.165, 1.54) is 0 Å². The molecular formula is C24H24N2O4. The maximum atomic E-state index is 12.2. The topological polar surface area (TPSA) is 76.7 Å². The highest BCUT2D eigenvalue weighted by atomic mass is 16.5. The van der Waals surface area contributed by atoms with Crippen LogP contribution in [-0.4, -0.2) is 26.0 Å². The molecule has 154 valence electrons. The van der Waals surface area contributed by atoms with E-state index in [9.17, 15) is 9.59 Å². The minimum atomic E-state index is -0.145. The van der Waals surface area contributed by atoms with Crippen molar-refractivity contribution < 1.29 is 19.1 Å². The molecule has 2 amide bonds. The van der Waals surface area contributed by atoms with Gasteiger partial charge in [0.15, 0.2) is 0 Å². The third-order valence-corrected chi connectivity index (χ3v) is 4.63. The van der Waals surface area contributed by atoms with Crippen molar-refractivity contribution in [2.45, 2.75) is 13.1 Å². The molecule has 6 heteroatoms. The Balaban J connectivity index is 1.48. The number of nitrogens with one attached hydrogen (secondary N) is 2. The van der Waals surface area contributed by atoms with E-state index in [1.54, 1.807) is 62.8 Å². The van der Waals surface area contributed by atoms with Gasteiger partial charge in [-0.2, -0.15) is 0 Å². The first-order valence-electron chi connectivity index (χ1n) is 9.51. The Hall–Kier alpha value is -3.80. The van der Waals surface area contributed by atoms with Crippen LogP contribution in [0.5, 0.6) is 11.5 Å². The molecule has 0 fully saturated rings. The number of ether oxygens (including phenoxy) is 2. The van der Waals surface area contributed by atoms with Crippen molar-refractivity contribution in [1.29, 1.82) is 0 Å². The van der Waals surface area contributed by atoms with Gasteiger partial charge in [-0.1, -0.05) is 24.3 Å². The van der Waals surface area contributed by atoms with Gasteiger partial charge in [0.25, 0.3) is 11.8 Å². The lowest BCUT2D eigenvalue weighted by atomic mass is 10.1. The van der Waals surface area contributed by atoms with Gasteiger partial charge in [-0.05, 0) is 59.7 Å². The highest BCUT2D eigenvalue weighted by molar-refractivity contribution is 5.94. The molecule has 3 aromatic rings. The van der Waals surface area contributed by atoms with E-state index in [0.717, 1.165) is 11.1 Å². The summed E-state index contributed by atoms with van der Waals surface area (Å²) < 4.78 is 10.2. The average molecular weight is 404 g/mol. The average Bonchev–Trinajstić information content (AvgIpc) is 2.81. The van der Waals surface area contributed by atoms with Crippen molar-refractivity contribution in [3.05, 3.63) is 95.1 Å². The van der Waals surface area contributed by atoms with Crippen molar-refractivity contribution in [3.8, 4) is 11.5 Å². The molecule has 0 aliphatic heterocycles. The lowest BCUT2D eigenvalue weighted by molar-refractivity contribution is 0.0942. The zero-order chi connectivity index (χ0) is 21.3. The predicted molar refractivity (Wildman–Crippen MR) is 115 cm³/mol. The van der Waals surface area contributed by atoms with Gasteiger partial charge in [-0.3, -0.25) is 9.59 Å². The van der Waals surface area contributed by atoms with Gasteiger partial charge in [-0.15, -0.1) is 0 Å². The third kappa shape index (κ3) is 5.61. The molecule has 0 saturated heterocycles. The maximum absolute atomic E-state index is 12.2. The molecule has 0 spiro atoms. The van der Waals surface area contributed by atoms with Crippen LogP contribution in [0.15, 0.2) is 72.8 Å². The molecule has 0 aliphatic carbocycles. The van der Waals surface area contributed by atoms with Gasteiger partial charge < -0.3 is 20.1 Å². The van der Waals surface area contributed by atoms with Gasteiger partial charge in [0.2, 0.25) is 0 Å². The molecule has 2 N–H and O–H groups in total. The molecule has 0 heterocycles. The summed E-state index contributed by atoms with van der Waals surface area (Å²) in [5.41, 5.74) is 3.10. The number of hydrogen-bond donors (Lipinski definition) is 2. The second-order valence-electron chi connectivity index (χ2n) is 6.64. The first-order chi connectivity index (χ1) is 14.6. The van der Waals surface area contributed by atoms with Crippen LogP contribution in [0.4, 0.5) is 0 Å². The molecule has 3 aromatic carbocycles. The van der Waals surface area contributed by atoms with E-state index in [2.05, 4.69) is 10.6 Å². The Morgan fingerprint density at radius 1 is 0.600 bits per heavy atom. The van der Waals surface area contributed by atoms with Crippen molar-refractivity contribution in [2.24, 2.45) is 0 Å². The number of rotatable bonds is 8. The molecule has 3 rings (SSSR count). The van der Waals surface area contributed by atoms with Crippen molar-refractivity contribution >= 4 is 11.8 Å². The fourth-order valence-electron chi connectivity index (χ4n) is 2.83. The largest absolute Gasteiger partial charge is 0.497 e. The number of carbonyl (C=O) groups is 2. The second kappa shape index (κ2) is 10.1. The van der Waals surface area contributed by atoms with E-state index in [0.29, 0.717) is 35.7 Å². The van der Waals surface area contributed by atoms with Crippen LogP contribution in [0.3, 0.4) is 0 Å². The fraction of sp³-hybridized carbons (Fsp3) is 0.167. The van der Waals surface area contributed by atoms with Crippen molar-refractivity contribution in [3.63, 3.8) is 0 Å². The van der Waals surface area contributed by atoms with Crippen LogP contribution < -0.4 is 20.1 Å². The minimum Gasteiger partial charge on any atom is -0.497 e. The van der Waals surface area contributed by atoms with Gasteiger partial charge in [-0.25, -0.2) is 0 Å². The Kier molecular flexibility index (Phi) is 7.05. The molecular weight excluding hydrogens is 380 g/mol. The van der Waals surface area contributed by atoms with E-state index < -0.39 is 0 Å². The SMILES string of the molecule is COc1ccc(C(=O)NCc2ccc(CNC(=O)c3ccc(OC)cc3)cc2)cc1. The molecule has 0 bridgehead atoms. The van der Waals surface area contributed by atoms with Crippen molar-refractivity contribution in [2.75, 3.05) is 14.2 Å². The second-order valence-corrected chi connectivity index (χ2v) is 6.64. The standard InChI is InChI=1S/C24H24N2O4/c1-29-21-11-7-19(8-12-21)23(27)25-15-17-3-5-18(6-4-17)16-26-24(28)20-9-13-22(30-2)14-10-20/h3-14H,15-16H2,1-2H3,(H,25,27)(H,26,28). The molecule has 0 saturated carbocycles. The summed E-state index contributed by atoms with van der Waals surface area (Å²) in [6, 6.07) is 21.7. The Morgan fingerprint density at radius 2 is 0.933 bits per heavy atom. The third-order valence-electron chi connectivity index (χ3n) is 4.63. The number of methoxy groups -OCH3 is 2. The van der Waals surface area contributed by atoms with Crippen LogP contribution >= 0.6 is 0 Å². The normalized spacial score (nSPS) is 10.2. The highest BCUT2D eigenvalue weighted by Gasteiger charge is 2.07. The van der Waals surface area contributed by atoms with Crippen LogP contribution in [0.25, 0.3) is 0 Å². The molecule has 0 radical (unpaired) electrons. The number of amides is 2.